The van der Waals surface area contributed by atoms with Crippen LogP contribution in [-0.2, 0) is 4.74 Å². The lowest BCUT2D eigenvalue weighted by Gasteiger charge is -2.17. The average molecular weight is 269 g/mol. The molecule has 19 heavy (non-hydrogen) atoms. The summed E-state index contributed by atoms with van der Waals surface area (Å²) < 4.78 is 6.26. The second-order valence-corrected chi connectivity index (χ2v) is 3.95. The second-order valence-electron chi connectivity index (χ2n) is 3.95. The number of ether oxygens (including phenoxy) is 1. The van der Waals surface area contributed by atoms with Crippen LogP contribution in [0, 0.1) is 0 Å². The van der Waals surface area contributed by atoms with E-state index in [0.717, 1.165) is 16.8 Å². The normalized spacial score (nSPS) is 30.0. The van der Waals surface area contributed by atoms with Crippen LogP contribution in [0.4, 0.5) is 0 Å². The van der Waals surface area contributed by atoms with E-state index in [9.17, 15) is 14.7 Å². The number of nitrogens with one attached hydrogen (secondary N) is 1. The Kier molecular flexibility index (Phi) is 3.67. The monoisotopic (exact) mass is 269 g/mol. The molecule has 1 fully saturated rings. The molecule has 10 heteroatoms. The molecule has 2 rings (SSSR count). The maximum Gasteiger partial charge on any atom is 0.330 e. The smallest absolute Gasteiger partial charge is 0.330 e. The van der Waals surface area contributed by atoms with Crippen molar-refractivity contribution in [3.63, 3.8) is 0 Å². The molecule has 1 aromatic heterocycles. The van der Waals surface area contributed by atoms with Crippen LogP contribution in [0.15, 0.2) is 27.0 Å². The van der Waals surface area contributed by atoms with Gasteiger partial charge in [0.15, 0.2) is 0 Å². The fourth-order valence-electron chi connectivity index (χ4n) is 1.92. The number of azide groups is 1. The molecule has 0 bridgehead atoms. The van der Waals surface area contributed by atoms with Crippen molar-refractivity contribution in [3.8, 4) is 0 Å². The van der Waals surface area contributed by atoms with Crippen molar-refractivity contribution in [2.45, 2.75) is 24.5 Å². The molecule has 2 heterocycles. The van der Waals surface area contributed by atoms with Crippen LogP contribution in [0.5, 0.6) is 0 Å². The highest BCUT2D eigenvalue weighted by Gasteiger charge is 2.44. The van der Waals surface area contributed by atoms with E-state index in [1.807, 2.05) is 4.98 Å². The SMILES string of the molecule is [N-]=[N+]=N[C@@H]1[C@@H](O)[C@@H](CO)O[C@H]1n1ccc(=O)[nH]c1=O. The summed E-state index contributed by atoms with van der Waals surface area (Å²) in [5.74, 6) is 0. The van der Waals surface area contributed by atoms with Crippen molar-refractivity contribution in [3.05, 3.63) is 43.5 Å². The lowest BCUT2D eigenvalue weighted by Crippen LogP contribution is -2.36. The largest absolute Gasteiger partial charge is 0.394 e. The molecule has 1 saturated heterocycles. The van der Waals surface area contributed by atoms with Gasteiger partial charge in [0.1, 0.15) is 18.4 Å². The van der Waals surface area contributed by atoms with Crippen LogP contribution in [0.25, 0.3) is 10.4 Å². The molecule has 0 spiro atoms. The second kappa shape index (κ2) is 5.24. The molecule has 1 aliphatic heterocycles. The van der Waals surface area contributed by atoms with Gasteiger partial charge in [0, 0.05) is 17.2 Å². The van der Waals surface area contributed by atoms with E-state index in [1.54, 1.807) is 0 Å². The summed E-state index contributed by atoms with van der Waals surface area (Å²) in [6.45, 7) is -0.493. The van der Waals surface area contributed by atoms with Gasteiger partial charge in [-0.15, -0.1) is 0 Å². The summed E-state index contributed by atoms with van der Waals surface area (Å²) >= 11 is 0. The lowest BCUT2D eigenvalue weighted by molar-refractivity contribution is -0.0464. The fraction of sp³-hybridized carbons (Fsp3) is 0.556. The van der Waals surface area contributed by atoms with Gasteiger partial charge in [0.05, 0.1) is 12.7 Å². The van der Waals surface area contributed by atoms with Crippen molar-refractivity contribution >= 4 is 0 Å². The van der Waals surface area contributed by atoms with Crippen LogP contribution in [-0.4, -0.2) is 44.6 Å². The van der Waals surface area contributed by atoms with Gasteiger partial charge in [-0.3, -0.25) is 14.3 Å². The highest BCUT2D eigenvalue weighted by atomic mass is 16.5. The minimum absolute atomic E-state index is 0.493. The number of hydrogen-bond donors (Lipinski definition) is 3. The highest BCUT2D eigenvalue weighted by Crippen LogP contribution is 2.30. The zero-order valence-corrected chi connectivity index (χ0v) is 9.58. The summed E-state index contributed by atoms with van der Waals surface area (Å²) in [5, 5.41) is 22.2. The minimum Gasteiger partial charge on any atom is -0.394 e. The van der Waals surface area contributed by atoms with E-state index in [-0.39, 0.29) is 0 Å². The molecule has 0 unspecified atom stereocenters. The molecule has 3 N–H and O–H groups in total. The Labute approximate surface area is 105 Å². The molecule has 0 aromatic carbocycles. The van der Waals surface area contributed by atoms with Crippen molar-refractivity contribution < 1.29 is 14.9 Å². The van der Waals surface area contributed by atoms with Gasteiger partial charge < -0.3 is 14.9 Å². The molecule has 0 amide bonds. The van der Waals surface area contributed by atoms with Crippen molar-refractivity contribution in [2.24, 2.45) is 5.11 Å². The third-order valence-electron chi connectivity index (χ3n) is 2.83. The van der Waals surface area contributed by atoms with Crippen LogP contribution < -0.4 is 11.2 Å². The lowest BCUT2D eigenvalue weighted by atomic mass is 10.1. The van der Waals surface area contributed by atoms with E-state index in [4.69, 9.17) is 15.4 Å². The molecular weight excluding hydrogens is 258 g/mol. The third kappa shape index (κ3) is 2.37. The molecule has 1 aliphatic rings. The maximum atomic E-state index is 11.6. The third-order valence-corrected chi connectivity index (χ3v) is 2.83. The average Bonchev–Trinajstić information content (AvgIpc) is 2.68. The number of aromatic amines is 1. The number of aromatic nitrogens is 2. The minimum atomic E-state index is -1.25. The molecule has 1 aromatic rings. The van der Waals surface area contributed by atoms with Crippen molar-refractivity contribution in [1.29, 1.82) is 0 Å². The first-order valence-electron chi connectivity index (χ1n) is 5.38. The predicted octanol–water partition coefficient (Wildman–Crippen LogP) is -1.53. The summed E-state index contributed by atoms with van der Waals surface area (Å²) in [4.78, 5) is 27.2. The van der Waals surface area contributed by atoms with E-state index < -0.39 is 42.3 Å². The number of nitrogens with zero attached hydrogens (tertiary/aromatic N) is 4. The van der Waals surface area contributed by atoms with Gasteiger partial charge in [0.2, 0.25) is 0 Å². The number of rotatable bonds is 3. The molecular formula is C9H11N5O5. The molecule has 0 aliphatic carbocycles. The Bertz CT molecular complexity index is 618. The summed E-state index contributed by atoms with van der Waals surface area (Å²) in [5.41, 5.74) is 7.12. The van der Waals surface area contributed by atoms with Gasteiger partial charge >= 0.3 is 5.69 Å². The molecule has 102 valence electrons. The first-order valence-corrected chi connectivity index (χ1v) is 5.38. The quantitative estimate of drug-likeness (QED) is 0.345. The Morgan fingerprint density at radius 1 is 1.58 bits per heavy atom. The summed E-state index contributed by atoms with van der Waals surface area (Å²) in [6.07, 6.45) is -2.14. The first kappa shape index (κ1) is 13.3. The zero-order valence-electron chi connectivity index (χ0n) is 9.58. The number of hydrogen-bond acceptors (Lipinski definition) is 6. The Hall–Kier alpha value is -2.13. The highest BCUT2D eigenvalue weighted by molar-refractivity contribution is 4.96. The summed E-state index contributed by atoms with van der Waals surface area (Å²) in [7, 11) is 0. The Balaban J connectivity index is 2.44. The standard InChI is InChI=1S/C9H11N5O5/c10-13-12-6-7(17)4(3-15)19-8(6)14-2-1-5(16)11-9(14)18/h1-2,4,6-8,15,17H,3H2,(H,11,16,18)/t4-,6-,7+,8-/m1/s1. The Morgan fingerprint density at radius 2 is 2.32 bits per heavy atom. The van der Waals surface area contributed by atoms with E-state index in [2.05, 4.69) is 10.0 Å². The summed E-state index contributed by atoms with van der Waals surface area (Å²) in [6, 6.07) is 0.0158. The first-order chi connectivity index (χ1) is 9.08. The fourth-order valence-corrected chi connectivity index (χ4v) is 1.92. The van der Waals surface area contributed by atoms with Crippen molar-refractivity contribution in [1.82, 2.24) is 9.55 Å². The zero-order chi connectivity index (χ0) is 14.0. The Morgan fingerprint density at radius 3 is 2.89 bits per heavy atom. The molecule has 0 saturated carbocycles. The van der Waals surface area contributed by atoms with Crippen LogP contribution in [0.1, 0.15) is 6.23 Å². The van der Waals surface area contributed by atoms with Gasteiger partial charge in [-0.05, 0) is 5.53 Å². The van der Waals surface area contributed by atoms with Crippen LogP contribution in [0.3, 0.4) is 0 Å². The van der Waals surface area contributed by atoms with Gasteiger partial charge in [-0.25, -0.2) is 4.79 Å². The number of aliphatic hydroxyl groups excluding tert-OH is 2. The molecule has 10 nitrogen and oxygen atoms in total. The van der Waals surface area contributed by atoms with Gasteiger partial charge in [0.25, 0.3) is 5.56 Å². The number of H-pyrrole nitrogens is 1. The topological polar surface area (TPSA) is 153 Å². The maximum absolute atomic E-state index is 11.6. The number of aliphatic hydroxyl groups is 2. The molecule has 4 atom stereocenters. The van der Waals surface area contributed by atoms with Crippen LogP contribution >= 0.6 is 0 Å². The van der Waals surface area contributed by atoms with Gasteiger partial charge in [-0.1, -0.05) is 5.11 Å². The van der Waals surface area contributed by atoms with E-state index in [0.29, 0.717) is 0 Å². The van der Waals surface area contributed by atoms with E-state index in [1.165, 1.54) is 0 Å². The van der Waals surface area contributed by atoms with Crippen molar-refractivity contribution in [2.75, 3.05) is 6.61 Å². The van der Waals surface area contributed by atoms with Gasteiger partial charge in [-0.2, -0.15) is 0 Å². The van der Waals surface area contributed by atoms with Crippen LogP contribution in [0.2, 0.25) is 0 Å². The van der Waals surface area contributed by atoms with E-state index >= 15 is 0 Å². The molecule has 0 radical (unpaired) electrons. The predicted molar refractivity (Wildman–Crippen MR) is 61.3 cm³/mol.